The van der Waals surface area contributed by atoms with Gasteiger partial charge in [0.1, 0.15) is 0 Å². The zero-order valence-electron chi connectivity index (χ0n) is 10.1. The van der Waals surface area contributed by atoms with Crippen molar-refractivity contribution in [1.29, 1.82) is 0 Å². The molecule has 0 aliphatic rings. The molecule has 0 unspecified atom stereocenters. The molecule has 0 saturated carbocycles. The van der Waals surface area contributed by atoms with Crippen LogP contribution >= 0.6 is 0 Å². The highest BCUT2D eigenvalue weighted by Crippen LogP contribution is 1.93. The number of hydrogen-bond donors (Lipinski definition) is 1. The van der Waals surface area contributed by atoms with Crippen LogP contribution < -0.4 is 5.32 Å². The van der Waals surface area contributed by atoms with Crippen LogP contribution in [0.25, 0.3) is 0 Å². The monoisotopic (exact) mass is 218 g/mol. The Morgan fingerprint density at radius 1 is 1.44 bits per heavy atom. The van der Waals surface area contributed by atoms with Gasteiger partial charge in [-0.05, 0) is 19.1 Å². The van der Waals surface area contributed by atoms with E-state index in [-0.39, 0.29) is 5.91 Å². The lowest BCUT2D eigenvalue weighted by Gasteiger charge is -2.00. The standard InChI is InChI=1S/C11H12N2O.C2H6/c1-2-3-7-13-11(14)9-10-6-4-5-8-12-10;1-2/h4-6,8H,7,9H2,1H3,(H,13,14);1-2H3. The molecule has 3 nitrogen and oxygen atoms in total. The maximum Gasteiger partial charge on any atom is 0.226 e. The van der Waals surface area contributed by atoms with E-state index in [0.717, 1.165) is 5.69 Å². The summed E-state index contributed by atoms with van der Waals surface area (Å²) < 4.78 is 0. The number of amides is 1. The van der Waals surface area contributed by atoms with Crippen molar-refractivity contribution in [3.05, 3.63) is 30.1 Å². The Balaban J connectivity index is 0.00000106. The van der Waals surface area contributed by atoms with Crippen LogP contribution in [0.4, 0.5) is 0 Å². The van der Waals surface area contributed by atoms with E-state index in [9.17, 15) is 4.79 Å². The van der Waals surface area contributed by atoms with Crippen molar-refractivity contribution >= 4 is 5.91 Å². The van der Waals surface area contributed by atoms with Gasteiger partial charge in [-0.15, -0.1) is 5.92 Å². The number of nitrogens with zero attached hydrogens (tertiary/aromatic N) is 1. The van der Waals surface area contributed by atoms with Crippen molar-refractivity contribution < 1.29 is 4.79 Å². The third kappa shape index (κ3) is 6.61. The third-order valence-corrected chi connectivity index (χ3v) is 1.62. The first-order valence-electron chi connectivity index (χ1n) is 5.39. The highest BCUT2D eigenvalue weighted by atomic mass is 16.1. The van der Waals surface area contributed by atoms with Gasteiger partial charge in [0, 0.05) is 11.9 Å². The molecule has 0 aromatic carbocycles. The first-order valence-corrected chi connectivity index (χ1v) is 5.39. The van der Waals surface area contributed by atoms with Crippen LogP contribution in [0.2, 0.25) is 0 Å². The van der Waals surface area contributed by atoms with Crippen LogP contribution in [0, 0.1) is 11.8 Å². The molecular weight excluding hydrogens is 200 g/mol. The fourth-order valence-electron chi connectivity index (χ4n) is 0.961. The van der Waals surface area contributed by atoms with E-state index >= 15 is 0 Å². The number of aromatic nitrogens is 1. The van der Waals surface area contributed by atoms with E-state index in [1.165, 1.54) is 0 Å². The van der Waals surface area contributed by atoms with Gasteiger partial charge in [0.25, 0.3) is 0 Å². The molecule has 1 aromatic rings. The maximum absolute atomic E-state index is 11.3. The number of carbonyl (C=O) groups excluding carboxylic acids is 1. The summed E-state index contributed by atoms with van der Waals surface area (Å²) in [7, 11) is 0. The first-order chi connectivity index (χ1) is 7.83. The summed E-state index contributed by atoms with van der Waals surface area (Å²) in [6.45, 7) is 6.15. The molecule has 0 saturated heterocycles. The molecule has 1 rings (SSSR count). The fraction of sp³-hybridized carbons (Fsp3) is 0.385. The molecule has 0 radical (unpaired) electrons. The van der Waals surface area contributed by atoms with Crippen LogP contribution in [0.15, 0.2) is 24.4 Å². The van der Waals surface area contributed by atoms with E-state index in [0.29, 0.717) is 13.0 Å². The van der Waals surface area contributed by atoms with Gasteiger partial charge in [0.05, 0.1) is 13.0 Å². The smallest absolute Gasteiger partial charge is 0.226 e. The van der Waals surface area contributed by atoms with Crippen molar-refractivity contribution in [2.45, 2.75) is 27.2 Å². The zero-order valence-corrected chi connectivity index (χ0v) is 10.1. The Kier molecular flexibility index (Phi) is 8.62. The summed E-state index contributed by atoms with van der Waals surface area (Å²) in [6, 6.07) is 5.51. The summed E-state index contributed by atoms with van der Waals surface area (Å²) in [5, 5.41) is 2.68. The molecule has 0 fully saturated rings. The molecule has 0 aliphatic heterocycles. The van der Waals surface area contributed by atoms with E-state index < -0.39 is 0 Å². The molecule has 1 heterocycles. The van der Waals surface area contributed by atoms with Crippen LogP contribution in [0.1, 0.15) is 26.5 Å². The van der Waals surface area contributed by atoms with Crippen molar-refractivity contribution in [3.8, 4) is 11.8 Å². The first kappa shape index (κ1) is 14.2. The summed E-state index contributed by atoms with van der Waals surface area (Å²) in [4.78, 5) is 15.3. The van der Waals surface area contributed by atoms with Crippen molar-refractivity contribution in [2.24, 2.45) is 0 Å². The normalized spacial score (nSPS) is 7.94. The molecule has 1 amide bonds. The molecule has 0 spiro atoms. The van der Waals surface area contributed by atoms with Gasteiger partial charge in [-0.1, -0.05) is 25.8 Å². The Labute approximate surface area is 97.3 Å². The minimum absolute atomic E-state index is 0.0496. The lowest BCUT2D eigenvalue weighted by molar-refractivity contribution is -0.120. The second-order valence-corrected chi connectivity index (χ2v) is 2.70. The van der Waals surface area contributed by atoms with E-state index in [2.05, 4.69) is 22.1 Å². The Morgan fingerprint density at radius 2 is 2.19 bits per heavy atom. The van der Waals surface area contributed by atoms with Crippen molar-refractivity contribution in [3.63, 3.8) is 0 Å². The van der Waals surface area contributed by atoms with Gasteiger partial charge < -0.3 is 5.32 Å². The van der Waals surface area contributed by atoms with E-state index in [1.807, 2.05) is 32.0 Å². The molecule has 0 bridgehead atoms. The van der Waals surface area contributed by atoms with Crippen molar-refractivity contribution in [2.75, 3.05) is 6.54 Å². The van der Waals surface area contributed by atoms with Gasteiger partial charge in [-0.25, -0.2) is 0 Å². The molecule has 0 atom stereocenters. The maximum atomic E-state index is 11.3. The molecule has 16 heavy (non-hydrogen) atoms. The molecule has 1 N–H and O–H groups in total. The van der Waals surface area contributed by atoms with Gasteiger partial charge >= 0.3 is 0 Å². The lowest BCUT2D eigenvalue weighted by Crippen LogP contribution is -2.25. The van der Waals surface area contributed by atoms with Crippen LogP contribution in [0.5, 0.6) is 0 Å². The van der Waals surface area contributed by atoms with E-state index in [4.69, 9.17) is 0 Å². The third-order valence-electron chi connectivity index (χ3n) is 1.62. The lowest BCUT2D eigenvalue weighted by atomic mass is 10.2. The average Bonchev–Trinajstić information content (AvgIpc) is 2.33. The summed E-state index contributed by atoms with van der Waals surface area (Å²) >= 11 is 0. The summed E-state index contributed by atoms with van der Waals surface area (Å²) in [5.74, 6) is 5.42. The molecule has 0 aliphatic carbocycles. The Morgan fingerprint density at radius 3 is 2.75 bits per heavy atom. The number of rotatable bonds is 3. The number of nitrogens with one attached hydrogen (secondary N) is 1. The Hall–Kier alpha value is -1.82. The molecule has 1 aromatic heterocycles. The molecular formula is C13H18N2O. The van der Waals surface area contributed by atoms with E-state index in [1.54, 1.807) is 13.1 Å². The number of carbonyl (C=O) groups is 1. The SMILES string of the molecule is CC.CC#CCNC(=O)Cc1ccccn1. The van der Waals surface area contributed by atoms with Crippen LogP contribution in [-0.2, 0) is 11.2 Å². The predicted octanol–water partition coefficient (Wildman–Crippen LogP) is 1.79. The number of pyridine rings is 1. The predicted molar refractivity (Wildman–Crippen MR) is 65.7 cm³/mol. The number of hydrogen-bond acceptors (Lipinski definition) is 2. The topological polar surface area (TPSA) is 42.0 Å². The van der Waals surface area contributed by atoms with Crippen LogP contribution in [0.3, 0.4) is 0 Å². The Bertz CT molecular complexity index is 349. The largest absolute Gasteiger partial charge is 0.345 e. The molecule has 3 heteroatoms. The van der Waals surface area contributed by atoms with Gasteiger partial charge in [-0.3, -0.25) is 9.78 Å². The summed E-state index contributed by atoms with van der Waals surface area (Å²) in [5.41, 5.74) is 0.773. The highest BCUT2D eigenvalue weighted by molar-refractivity contribution is 5.78. The zero-order chi connectivity index (χ0) is 12.2. The second-order valence-electron chi connectivity index (χ2n) is 2.70. The van der Waals surface area contributed by atoms with Crippen molar-refractivity contribution in [1.82, 2.24) is 10.3 Å². The fourth-order valence-corrected chi connectivity index (χ4v) is 0.961. The average molecular weight is 218 g/mol. The quantitative estimate of drug-likeness (QED) is 0.786. The minimum atomic E-state index is -0.0496. The summed E-state index contributed by atoms with van der Waals surface area (Å²) in [6.07, 6.45) is 1.99. The van der Waals surface area contributed by atoms with Gasteiger partial charge in [0.2, 0.25) is 5.91 Å². The minimum Gasteiger partial charge on any atom is -0.345 e. The highest BCUT2D eigenvalue weighted by Gasteiger charge is 2.01. The van der Waals surface area contributed by atoms with Gasteiger partial charge in [0.15, 0.2) is 0 Å². The van der Waals surface area contributed by atoms with Gasteiger partial charge in [-0.2, -0.15) is 0 Å². The van der Waals surface area contributed by atoms with Crippen LogP contribution in [-0.4, -0.2) is 17.4 Å². The second kappa shape index (κ2) is 9.72. The molecule has 86 valence electrons.